The van der Waals surface area contributed by atoms with Gasteiger partial charge in [0.15, 0.2) is 17.3 Å². The Bertz CT molecular complexity index is 761. The number of fused-ring (bicyclic) bond motifs is 1. The molecule has 21 heavy (non-hydrogen) atoms. The number of carbonyl (C=O) groups is 1. The van der Waals surface area contributed by atoms with Crippen molar-refractivity contribution in [3.05, 3.63) is 53.3 Å². The highest BCUT2D eigenvalue weighted by atomic mass is 16.5. The maximum absolute atomic E-state index is 12.2. The Balaban J connectivity index is 2.01. The van der Waals surface area contributed by atoms with E-state index in [-0.39, 0.29) is 23.0 Å². The molecule has 1 aliphatic heterocycles. The van der Waals surface area contributed by atoms with Crippen LogP contribution in [0.15, 0.2) is 42.2 Å². The molecular weight excluding hydrogens is 272 g/mol. The maximum Gasteiger partial charge on any atom is 0.231 e. The monoisotopic (exact) mass is 284 g/mol. The normalized spacial score (nSPS) is 14.9. The average Bonchev–Trinajstić information content (AvgIpc) is 2.79. The number of rotatable bonds is 2. The first-order chi connectivity index (χ1) is 10.1. The van der Waals surface area contributed by atoms with Gasteiger partial charge in [0.25, 0.3) is 0 Å². The fraction of sp³-hybridized carbons (Fsp3) is 0.0625. The maximum atomic E-state index is 12.2. The highest BCUT2D eigenvalue weighted by Gasteiger charge is 2.28. The molecule has 0 fully saturated rings. The van der Waals surface area contributed by atoms with Gasteiger partial charge in [-0.15, -0.1) is 0 Å². The number of hydrogen-bond acceptors (Lipinski definition) is 5. The summed E-state index contributed by atoms with van der Waals surface area (Å²) < 4.78 is 10.6. The summed E-state index contributed by atoms with van der Waals surface area (Å²) in [5.74, 6) is 0.242. The zero-order valence-corrected chi connectivity index (χ0v) is 11.2. The third-order valence-corrected chi connectivity index (χ3v) is 3.21. The molecule has 2 N–H and O–H groups in total. The number of carbonyl (C=O) groups excluding carboxylic acids is 1. The van der Waals surface area contributed by atoms with Crippen LogP contribution < -0.4 is 9.47 Å². The molecule has 5 heteroatoms. The lowest BCUT2D eigenvalue weighted by atomic mass is 10.1. The second-order valence-corrected chi connectivity index (χ2v) is 4.52. The van der Waals surface area contributed by atoms with E-state index < -0.39 is 0 Å². The number of aromatic hydroxyl groups is 2. The van der Waals surface area contributed by atoms with Crippen LogP contribution in [0.1, 0.15) is 15.9 Å². The topological polar surface area (TPSA) is 76.0 Å². The molecule has 1 aliphatic rings. The molecule has 5 nitrogen and oxygen atoms in total. The van der Waals surface area contributed by atoms with Crippen molar-refractivity contribution >= 4 is 11.9 Å². The largest absolute Gasteiger partial charge is 0.504 e. The van der Waals surface area contributed by atoms with Gasteiger partial charge in [-0.1, -0.05) is 12.1 Å². The minimum Gasteiger partial charge on any atom is -0.504 e. The van der Waals surface area contributed by atoms with Crippen molar-refractivity contribution in [1.29, 1.82) is 0 Å². The van der Waals surface area contributed by atoms with E-state index in [1.165, 1.54) is 19.3 Å². The number of hydrogen-bond donors (Lipinski definition) is 2. The third-order valence-electron chi connectivity index (χ3n) is 3.21. The number of para-hydroxylation sites is 1. The predicted octanol–water partition coefficient (Wildman–Crippen LogP) is 2.72. The van der Waals surface area contributed by atoms with E-state index in [2.05, 4.69) is 0 Å². The summed E-state index contributed by atoms with van der Waals surface area (Å²) in [5.41, 5.74) is 0.736. The first kappa shape index (κ1) is 13.1. The molecular formula is C16H12O5. The minimum atomic E-state index is -0.296. The van der Waals surface area contributed by atoms with Gasteiger partial charge in [-0.3, -0.25) is 4.79 Å². The van der Waals surface area contributed by atoms with E-state index in [1.54, 1.807) is 30.3 Å². The van der Waals surface area contributed by atoms with Crippen molar-refractivity contribution < 1.29 is 24.5 Å². The molecule has 0 unspecified atom stereocenters. The standard InChI is InChI=1S/C16H12O5/c1-20-10-5-6-11-13(8-10)21-14(16(11)19)7-9-3-2-4-12(17)15(9)18/h2-8,17-18H,1H3/b14-7-. The second kappa shape index (κ2) is 4.86. The lowest BCUT2D eigenvalue weighted by molar-refractivity contribution is 0.101. The summed E-state index contributed by atoms with van der Waals surface area (Å²) in [7, 11) is 1.53. The van der Waals surface area contributed by atoms with Gasteiger partial charge in [-0.2, -0.15) is 0 Å². The first-order valence-electron chi connectivity index (χ1n) is 6.23. The zero-order chi connectivity index (χ0) is 15.0. The fourth-order valence-electron chi connectivity index (χ4n) is 2.10. The fourth-order valence-corrected chi connectivity index (χ4v) is 2.10. The van der Waals surface area contributed by atoms with Crippen LogP contribution in [0.4, 0.5) is 0 Å². The van der Waals surface area contributed by atoms with Crippen LogP contribution >= 0.6 is 0 Å². The molecule has 0 atom stereocenters. The van der Waals surface area contributed by atoms with Crippen LogP contribution in [0.5, 0.6) is 23.0 Å². The molecule has 2 aromatic rings. The predicted molar refractivity (Wildman–Crippen MR) is 75.7 cm³/mol. The van der Waals surface area contributed by atoms with Crippen molar-refractivity contribution in [1.82, 2.24) is 0 Å². The molecule has 0 amide bonds. The highest BCUT2D eigenvalue weighted by Crippen LogP contribution is 2.36. The highest BCUT2D eigenvalue weighted by molar-refractivity contribution is 6.14. The molecule has 0 bridgehead atoms. The van der Waals surface area contributed by atoms with E-state index in [0.717, 1.165) is 0 Å². The lowest BCUT2D eigenvalue weighted by Gasteiger charge is -2.03. The Labute approximate surface area is 120 Å². The first-order valence-corrected chi connectivity index (χ1v) is 6.23. The van der Waals surface area contributed by atoms with Crippen molar-refractivity contribution in [2.45, 2.75) is 0 Å². The zero-order valence-electron chi connectivity index (χ0n) is 11.2. The number of benzene rings is 2. The Kier molecular flexibility index (Phi) is 3.02. The summed E-state index contributed by atoms with van der Waals surface area (Å²) in [6, 6.07) is 9.42. The van der Waals surface area contributed by atoms with E-state index in [9.17, 15) is 15.0 Å². The summed E-state index contributed by atoms with van der Waals surface area (Å²) in [4.78, 5) is 12.2. The molecule has 0 saturated carbocycles. The third kappa shape index (κ3) is 2.18. The quantitative estimate of drug-likeness (QED) is 0.655. The van der Waals surface area contributed by atoms with E-state index >= 15 is 0 Å². The Hall–Kier alpha value is -2.95. The summed E-state index contributed by atoms with van der Waals surface area (Å²) in [6.45, 7) is 0. The molecule has 0 radical (unpaired) electrons. The van der Waals surface area contributed by atoms with Crippen LogP contribution in [0.25, 0.3) is 6.08 Å². The molecule has 2 aromatic carbocycles. The van der Waals surface area contributed by atoms with Crippen molar-refractivity contribution in [3.63, 3.8) is 0 Å². The Morgan fingerprint density at radius 3 is 2.76 bits per heavy atom. The van der Waals surface area contributed by atoms with Crippen LogP contribution in [0, 0.1) is 0 Å². The average molecular weight is 284 g/mol. The van der Waals surface area contributed by atoms with Crippen LogP contribution in [-0.2, 0) is 0 Å². The Morgan fingerprint density at radius 2 is 2.00 bits per heavy atom. The molecule has 0 spiro atoms. The number of ketones is 1. The number of allylic oxidation sites excluding steroid dienone is 1. The smallest absolute Gasteiger partial charge is 0.231 e. The van der Waals surface area contributed by atoms with Crippen LogP contribution in [0.3, 0.4) is 0 Å². The van der Waals surface area contributed by atoms with Crippen molar-refractivity contribution in [2.24, 2.45) is 0 Å². The van der Waals surface area contributed by atoms with E-state index in [4.69, 9.17) is 9.47 Å². The van der Waals surface area contributed by atoms with E-state index in [1.807, 2.05) is 0 Å². The molecule has 0 aliphatic carbocycles. The SMILES string of the molecule is COc1ccc2c(c1)O/C(=C\c1cccc(O)c1O)C2=O. The van der Waals surface area contributed by atoms with Gasteiger partial charge in [0.2, 0.25) is 5.78 Å². The number of phenols is 2. The van der Waals surface area contributed by atoms with E-state index in [0.29, 0.717) is 22.6 Å². The van der Waals surface area contributed by atoms with Crippen molar-refractivity contribution in [2.75, 3.05) is 7.11 Å². The lowest BCUT2D eigenvalue weighted by Crippen LogP contribution is -1.98. The van der Waals surface area contributed by atoms with Gasteiger partial charge < -0.3 is 19.7 Å². The van der Waals surface area contributed by atoms with Gasteiger partial charge >= 0.3 is 0 Å². The van der Waals surface area contributed by atoms with Gasteiger partial charge in [0.05, 0.1) is 12.7 Å². The van der Waals surface area contributed by atoms with Gasteiger partial charge in [-0.05, 0) is 24.3 Å². The number of ether oxygens (including phenoxy) is 2. The van der Waals surface area contributed by atoms with Crippen LogP contribution in [0.2, 0.25) is 0 Å². The number of phenolic OH excluding ortho intramolecular Hbond substituents is 2. The molecule has 3 rings (SSSR count). The minimum absolute atomic E-state index is 0.0825. The van der Waals surface area contributed by atoms with Gasteiger partial charge in [0.1, 0.15) is 11.5 Å². The van der Waals surface area contributed by atoms with Crippen LogP contribution in [-0.4, -0.2) is 23.1 Å². The molecule has 1 heterocycles. The van der Waals surface area contributed by atoms with Crippen molar-refractivity contribution in [3.8, 4) is 23.0 Å². The summed E-state index contributed by atoms with van der Waals surface area (Å²) in [6.07, 6.45) is 1.39. The van der Waals surface area contributed by atoms with Gasteiger partial charge in [0, 0.05) is 11.6 Å². The summed E-state index contributed by atoms with van der Waals surface area (Å²) in [5, 5.41) is 19.2. The molecule has 106 valence electrons. The molecule has 0 saturated heterocycles. The summed E-state index contributed by atoms with van der Waals surface area (Å²) >= 11 is 0. The number of methoxy groups -OCH3 is 1. The van der Waals surface area contributed by atoms with Gasteiger partial charge in [-0.25, -0.2) is 0 Å². The molecule has 0 aromatic heterocycles. The number of Topliss-reactive ketones (excluding diaryl/α,β-unsaturated/α-hetero) is 1. The second-order valence-electron chi connectivity index (χ2n) is 4.52. The Morgan fingerprint density at radius 1 is 1.19 bits per heavy atom.